The Kier molecular flexibility index (Phi) is 5.01. The number of halogens is 1. The van der Waals surface area contributed by atoms with E-state index in [2.05, 4.69) is 20.9 Å². The van der Waals surface area contributed by atoms with E-state index in [-0.39, 0.29) is 11.7 Å². The molecule has 0 saturated carbocycles. The van der Waals surface area contributed by atoms with Gasteiger partial charge < -0.3 is 16.0 Å². The number of para-hydroxylation sites is 1. The Bertz CT molecular complexity index is 1030. The van der Waals surface area contributed by atoms with Gasteiger partial charge in [-0.2, -0.15) is 0 Å². The number of fused-ring (bicyclic) bond motifs is 1. The highest BCUT2D eigenvalue weighted by atomic mass is 19.1. The van der Waals surface area contributed by atoms with Gasteiger partial charge in [-0.05, 0) is 42.3 Å². The number of aromatic nitrogens is 1. The first-order valence-corrected chi connectivity index (χ1v) is 9.00. The maximum Gasteiger partial charge on any atom is 0.257 e. The zero-order valence-corrected chi connectivity index (χ0v) is 15.1. The Labute approximate surface area is 162 Å². The van der Waals surface area contributed by atoms with E-state index in [9.17, 15) is 9.18 Å². The standard InChI is InChI=1S/C22H19FN4O/c23-19-12-16(7-8-21(19)25-11-9-15-4-3-10-24-13-15)26-14-18-17-5-1-2-6-20(17)27-22(18)28/h1-8,10,12-14,25-26H,9,11H2,(H,27,28)/b18-14+. The van der Waals surface area contributed by atoms with Crippen molar-refractivity contribution in [1.82, 2.24) is 4.98 Å². The van der Waals surface area contributed by atoms with Gasteiger partial charge in [-0.1, -0.05) is 24.3 Å². The minimum atomic E-state index is -0.356. The van der Waals surface area contributed by atoms with Crippen molar-refractivity contribution in [2.45, 2.75) is 6.42 Å². The lowest BCUT2D eigenvalue weighted by atomic mass is 10.1. The maximum atomic E-state index is 14.4. The number of benzene rings is 2. The molecule has 0 bridgehead atoms. The molecule has 0 spiro atoms. The van der Waals surface area contributed by atoms with Crippen LogP contribution in [0.3, 0.4) is 0 Å². The largest absolute Gasteiger partial charge is 0.382 e. The molecule has 0 unspecified atom stereocenters. The first-order chi connectivity index (χ1) is 13.7. The molecule has 2 aromatic carbocycles. The molecule has 1 aromatic heterocycles. The molecule has 5 nitrogen and oxygen atoms in total. The van der Waals surface area contributed by atoms with E-state index in [1.807, 2.05) is 36.4 Å². The highest BCUT2D eigenvalue weighted by Crippen LogP contribution is 2.31. The topological polar surface area (TPSA) is 66.1 Å². The fraction of sp³-hybridized carbons (Fsp3) is 0.0909. The van der Waals surface area contributed by atoms with E-state index in [4.69, 9.17) is 0 Å². The van der Waals surface area contributed by atoms with Crippen molar-refractivity contribution in [3.8, 4) is 0 Å². The molecule has 2 heterocycles. The molecule has 1 amide bonds. The minimum absolute atomic E-state index is 0.178. The number of pyridine rings is 1. The average molecular weight is 374 g/mol. The summed E-state index contributed by atoms with van der Waals surface area (Å²) in [6.45, 7) is 0.608. The lowest BCUT2D eigenvalue weighted by Gasteiger charge is -2.09. The van der Waals surface area contributed by atoms with Crippen LogP contribution in [-0.2, 0) is 11.2 Å². The molecule has 3 N–H and O–H groups in total. The van der Waals surface area contributed by atoms with Gasteiger partial charge in [0.05, 0.1) is 11.3 Å². The monoisotopic (exact) mass is 374 g/mol. The number of rotatable bonds is 6. The smallest absolute Gasteiger partial charge is 0.257 e. The van der Waals surface area contributed by atoms with Crippen molar-refractivity contribution in [1.29, 1.82) is 0 Å². The molecule has 4 rings (SSSR count). The molecule has 0 radical (unpaired) electrons. The molecular formula is C22H19FN4O. The zero-order valence-electron chi connectivity index (χ0n) is 15.1. The third kappa shape index (κ3) is 3.86. The normalized spacial score (nSPS) is 13.9. The number of anilines is 3. The molecule has 0 atom stereocenters. The second kappa shape index (κ2) is 7.92. The Morgan fingerprint density at radius 3 is 2.82 bits per heavy atom. The van der Waals surface area contributed by atoms with Gasteiger partial charge in [-0.15, -0.1) is 0 Å². The van der Waals surface area contributed by atoms with Crippen molar-refractivity contribution < 1.29 is 9.18 Å². The second-order valence-electron chi connectivity index (χ2n) is 6.43. The minimum Gasteiger partial charge on any atom is -0.382 e. The molecular weight excluding hydrogens is 355 g/mol. The molecule has 1 aliphatic heterocycles. The van der Waals surface area contributed by atoms with Crippen LogP contribution in [0.25, 0.3) is 5.57 Å². The summed E-state index contributed by atoms with van der Waals surface area (Å²) in [6, 6.07) is 16.2. The molecule has 0 fully saturated rings. The van der Waals surface area contributed by atoms with Gasteiger partial charge in [0.1, 0.15) is 5.82 Å². The summed E-state index contributed by atoms with van der Waals surface area (Å²) in [6.07, 6.45) is 5.89. The molecule has 28 heavy (non-hydrogen) atoms. The van der Waals surface area contributed by atoms with Crippen LogP contribution in [0.15, 0.2) is 73.2 Å². The van der Waals surface area contributed by atoms with Crippen LogP contribution in [-0.4, -0.2) is 17.4 Å². The average Bonchev–Trinajstić information content (AvgIpc) is 3.04. The van der Waals surface area contributed by atoms with Crippen LogP contribution < -0.4 is 16.0 Å². The van der Waals surface area contributed by atoms with Gasteiger partial charge in [0, 0.05) is 42.1 Å². The van der Waals surface area contributed by atoms with Crippen LogP contribution in [0.1, 0.15) is 11.1 Å². The predicted octanol–water partition coefficient (Wildman–Crippen LogP) is 4.28. The summed E-state index contributed by atoms with van der Waals surface area (Å²) in [7, 11) is 0. The summed E-state index contributed by atoms with van der Waals surface area (Å²) in [5.41, 5.74) is 4.23. The van der Waals surface area contributed by atoms with Crippen LogP contribution in [0.4, 0.5) is 21.5 Å². The van der Waals surface area contributed by atoms with Crippen molar-refractivity contribution >= 4 is 28.5 Å². The number of nitrogens with one attached hydrogen (secondary N) is 3. The van der Waals surface area contributed by atoms with E-state index in [0.29, 0.717) is 23.5 Å². The summed E-state index contributed by atoms with van der Waals surface area (Å²) < 4.78 is 14.4. The summed E-state index contributed by atoms with van der Waals surface area (Å²) in [5, 5.41) is 8.91. The van der Waals surface area contributed by atoms with Gasteiger partial charge in [-0.3, -0.25) is 9.78 Å². The van der Waals surface area contributed by atoms with E-state index in [0.717, 1.165) is 23.2 Å². The fourth-order valence-electron chi connectivity index (χ4n) is 3.07. The van der Waals surface area contributed by atoms with E-state index in [1.165, 1.54) is 6.07 Å². The molecule has 0 saturated heterocycles. The van der Waals surface area contributed by atoms with Gasteiger partial charge >= 0.3 is 0 Å². The third-order valence-electron chi connectivity index (χ3n) is 4.51. The zero-order chi connectivity index (χ0) is 19.3. The lowest BCUT2D eigenvalue weighted by Crippen LogP contribution is -2.07. The lowest BCUT2D eigenvalue weighted by molar-refractivity contribution is -0.110. The summed E-state index contributed by atoms with van der Waals surface area (Å²) >= 11 is 0. The fourth-order valence-corrected chi connectivity index (χ4v) is 3.07. The van der Waals surface area contributed by atoms with Crippen molar-refractivity contribution in [3.63, 3.8) is 0 Å². The van der Waals surface area contributed by atoms with Crippen LogP contribution in [0.5, 0.6) is 0 Å². The van der Waals surface area contributed by atoms with Gasteiger partial charge in [-0.25, -0.2) is 4.39 Å². The number of carbonyl (C=O) groups is 1. The number of amides is 1. The van der Waals surface area contributed by atoms with Crippen LogP contribution in [0.2, 0.25) is 0 Å². The van der Waals surface area contributed by atoms with Gasteiger partial charge in [0.25, 0.3) is 5.91 Å². The Morgan fingerprint density at radius 2 is 2.00 bits per heavy atom. The summed E-state index contributed by atoms with van der Waals surface area (Å²) in [4.78, 5) is 16.2. The SMILES string of the molecule is O=C1Nc2ccccc2/C1=C\Nc1ccc(NCCc2cccnc2)c(F)c1. The number of hydrogen-bond donors (Lipinski definition) is 3. The van der Waals surface area contributed by atoms with Crippen LogP contribution >= 0.6 is 0 Å². The first-order valence-electron chi connectivity index (χ1n) is 9.00. The third-order valence-corrected chi connectivity index (χ3v) is 4.51. The predicted molar refractivity (Wildman–Crippen MR) is 110 cm³/mol. The van der Waals surface area contributed by atoms with Crippen molar-refractivity contribution in [3.05, 3.63) is 90.1 Å². The highest BCUT2D eigenvalue weighted by molar-refractivity contribution is 6.31. The van der Waals surface area contributed by atoms with Gasteiger partial charge in [0.15, 0.2) is 0 Å². The maximum absolute atomic E-state index is 14.4. The molecule has 3 aromatic rings. The quantitative estimate of drug-likeness (QED) is 0.564. The van der Waals surface area contributed by atoms with Crippen molar-refractivity contribution in [2.75, 3.05) is 22.5 Å². The molecule has 6 heteroatoms. The Morgan fingerprint density at radius 1 is 1.11 bits per heavy atom. The highest BCUT2D eigenvalue weighted by Gasteiger charge is 2.23. The molecule has 1 aliphatic rings. The number of hydrogen-bond acceptors (Lipinski definition) is 4. The van der Waals surface area contributed by atoms with Crippen LogP contribution in [0, 0.1) is 5.82 Å². The number of carbonyl (C=O) groups excluding carboxylic acids is 1. The molecule has 0 aliphatic carbocycles. The van der Waals surface area contributed by atoms with Gasteiger partial charge in [0.2, 0.25) is 0 Å². The van der Waals surface area contributed by atoms with E-state index >= 15 is 0 Å². The molecule has 140 valence electrons. The summed E-state index contributed by atoms with van der Waals surface area (Å²) in [5.74, 6) is -0.534. The number of nitrogens with zero attached hydrogens (tertiary/aromatic N) is 1. The first kappa shape index (κ1) is 17.7. The Hall–Kier alpha value is -3.67. The van der Waals surface area contributed by atoms with E-state index in [1.54, 1.807) is 30.7 Å². The van der Waals surface area contributed by atoms with E-state index < -0.39 is 0 Å². The van der Waals surface area contributed by atoms with Crippen molar-refractivity contribution in [2.24, 2.45) is 0 Å². The second-order valence-corrected chi connectivity index (χ2v) is 6.43. The Balaban J connectivity index is 1.40.